The van der Waals surface area contributed by atoms with Gasteiger partial charge < -0.3 is 14.7 Å². The Morgan fingerprint density at radius 3 is 2.51 bits per heavy atom. The highest BCUT2D eigenvalue weighted by atomic mass is 35.5. The van der Waals surface area contributed by atoms with Crippen molar-refractivity contribution in [3.8, 4) is 22.6 Å². The molecule has 0 bridgehead atoms. The summed E-state index contributed by atoms with van der Waals surface area (Å²) in [5.74, 6) is 1.29. The second-order valence-corrected chi connectivity index (χ2v) is 11.6. The molecule has 2 aliphatic carbocycles. The third kappa shape index (κ3) is 4.98. The minimum Gasteiger partial charge on any atom is -0.503 e. The van der Waals surface area contributed by atoms with Crippen molar-refractivity contribution in [2.75, 3.05) is 20.2 Å². The van der Waals surface area contributed by atoms with Crippen molar-refractivity contribution >= 4 is 41.0 Å². The Morgan fingerprint density at radius 2 is 1.81 bits per heavy atom. The van der Waals surface area contributed by atoms with E-state index in [9.17, 15) is 9.90 Å². The summed E-state index contributed by atoms with van der Waals surface area (Å²) in [6.07, 6.45) is 11.4. The number of phenols is 1. The van der Waals surface area contributed by atoms with Gasteiger partial charge in [0.25, 0.3) is 0 Å². The zero-order valence-corrected chi connectivity index (χ0v) is 22.3. The fourth-order valence-corrected chi connectivity index (χ4v) is 6.64. The number of benzene rings is 2. The molecule has 1 aliphatic heterocycles. The molecule has 2 saturated carbocycles. The van der Waals surface area contributed by atoms with Crippen LogP contribution in [0.15, 0.2) is 36.5 Å². The van der Waals surface area contributed by atoms with Gasteiger partial charge in [0.15, 0.2) is 24.6 Å². The standard InChI is InChI=1S/C30H34BClN2O3/c1-37-27-16-20(15-25(32)30(27)36)19-6-11-26-23(14-19)28(24(17-33-26)29(35)18-4-5-18)31-21-7-9-22(10-8-21)34-12-2-3-13-34/h6,11,14-18,21-22,31,36H,2-5,7-10,12-13H2,1H3. The Balaban J connectivity index is 1.35. The molecular weight excluding hydrogens is 483 g/mol. The summed E-state index contributed by atoms with van der Waals surface area (Å²) in [6, 6.07) is 10.5. The lowest BCUT2D eigenvalue weighted by molar-refractivity contribution is 0.0968. The fraction of sp³-hybridized carbons (Fsp3) is 0.467. The van der Waals surface area contributed by atoms with Gasteiger partial charge in [-0.05, 0) is 92.4 Å². The third-order valence-electron chi connectivity index (χ3n) is 8.74. The molecule has 192 valence electrons. The molecule has 1 saturated heterocycles. The van der Waals surface area contributed by atoms with E-state index < -0.39 is 0 Å². The van der Waals surface area contributed by atoms with Gasteiger partial charge in [0.1, 0.15) is 0 Å². The van der Waals surface area contributed by atoms with Crippen LogP contribution in [-0.2, 0) is 0 Å². The summed E-state index contributed by atoms with van der Waals surface area (Å²) in [5.41, 5.74) is 4.70. The van der Waals surface area contributed by atoms with Crippen LogP contribution in [0.5, 0.6) is 11.5 Å². The molecule has 6 rings (SSSR count). The van der Waals surface area contributed by atoms with Crippen LogP contribution in [0.25, 0.3) is 22.0 Å². The number of aromatic hydroxyl groups is 1. The van der Waals surface area contributed by atoms with Gasteiger partial charge in [0.05, 0.1) is 17.6 Å². The number of ketones is 1. The van der Waals surface area contributed by atoms with Crippen LogP contribution in [0, 0.1) is 5.92 Å². The quantitative estimate of drug-likeness (QED) is 0.320. The van der Waals surface area contributed by atoms with Crippen molar-refractivity contribution in [1.82, 2.24) is 9.88 Å². The van der Waals surface area contributed by atoms with Gasteiger partial charge in [0.2, 0.25) is 0 Å². The maximum absolute atomic E-state index is 13.4. The highest BCUT2D eigenvalue weighted by Crippen LogP contribution is 2.39. The van der Waals surface area contributed by atoms with Crippen LogP contribution < -0.4 is 10.2 Å². The van der Waals surface area contributed by atoms with E-state index in [1.807, 2.05) is 18.3 Å². The summed E-state index contributed by atoms with van der Waals surface area (Å²) >= 11 is 6.30. The van der Waals surface area contributed by atoms with Gasteiger partial charge in [-0.2, -0.15) is 0 Å². The number of ether oxygens (including phenoxy) is 1. The number of halogens is 1. The van der Waals surface area contributed by atoms with Crippen molar-refractivity contribution in [3.63, 3.8) is 0 Å². The lowest BCUT2D eigenvalue weighted by Gasteiger charge is -2.34. The van der Waals surface area contributed by atoms with E-state index in [4.69, 9.17) is 21.3 Å². The maximum Gasteiger partial charge on any atom is 0.176 e. The first kappa shape index (κ1) is 24.8. The Kier molecular flexibility index (Phi) is 6.89. The number of pyridine rings is 1. The minimum absolute atomic E-state index is 0.0575. The second-order valence-electron chi connectivity index (χ2n) is 11.2. The first-order valence-electron chi connectivity index (χ1n) is 13.8. The van der Waals surface area contributed by atoms with Crippen LogP contribution in [0.3, 0.4) is 0 Å². The summed E-state index contributed by atoms with van der Waals surface area (Å²) in [4.78, 5) is 20.8. The van der Waals surface area contributed by atoms with E-state index in [2.05, 4.69) is 11.0 Å². The molecule has 3 aromatic rings. The number of rotatable bonds is 7. The van der Waals surface area contributed by atoms with Crippen molar-refractivity contribution in [2.24, 2.45) is 5.92 Å². The van der Waals surface area contributed by atoms with Gasteiger partial charge in [-0.3, -0.25) is 9.78 Å². The van der Waals surface area contributed by atoms with Gasteiger partial charge in [0, 0.05) is 23.7 Å². The predicted molar refractivity (Wildman–Crippen MR) is 151 cm³/mol. The van der Waals surface area contributed by atoms with Crippen molar-refractivity contribution in [2.45, 2.75) is 63.2 Å². The molecule has 37 heavy (non-hydrogen) atoms. The fourth-order valence-electron chi connectivity index (χ4n) is 6.43. The molecule has 0 radical (unpaired) electrons. The molecule has 2 heterocycles. The number of aromatic nitrogens is 1. The first-order chi connectivity index (χ1) is 18.0. The van der Waals surface area contributed by atoms with Crippen molar-refractivity contribution in [3.05, 3.63) is 47.1 Å². The largest absolute Gasteiger partial charge is 0.503 e. The average molecular weight is 517 g/mol. The smallest absolute Gasteiger partial charge is 0.176 e. The Labute approximate surface area is 224 Å². The van der Waals surface area contributed by atoms with Crippen LogP contribution in [0.1, 0.15) is 61.7 Å². The number of nitrogens with zero attached hydrogens (tertiary/aromatic N) is 2. The molecule has 2 aromatic carbocycles. The zero-order valence-electron chi connectivity index (χ0n) is 21.5. The topological polar surface area (TPSA) is 62.7 Å². The minimum atomic E-state index is -0.0575. The molecule has 7 heteroatoms. The molecule has 1 N–H and O–H groups in total. The van der Waals surface area contributed by atoms with E-state index in [-0.39, 0.29) is 22.5 Å². The molecular formula is C30H34BClN2O3. The normalized spacial score (nSPS) is 22.3. The molecule has 3 fully saturated rings. The molecule has 0 unspecified atom stereocenters. The maximum atomic E-state index is 13.4. The number of phenolic OH excluding ortho intramolecular Hbond substituents is 1. The van der Waals surface area contributed by atoms with Crippen molar-refractivity contribution < 1.29 is 14.6 Å². The van der Waals surface area contributed by atoms with Crippen LogP contribution in [0.2, 0.25) is 10.8 Å². The van der Waals surface area contributed by atoms with E-state index in [1.54, 1.807) is 12.1 Å². The first-order valence-corrected chi connectivity index (χ1v) is 14.2. The number of Topliss-reactive ketones (excluding diaryl/α,β-unsaturated/α-hetero) is 1. The number of carbonyl (C=O) groups is 1. The third-order valence-corrected chi connectivity index (χ3v) is 9.03. The lowest BCUT2D eigenvalue weighted by atomic mass is 9.52. The molecule has 1 aromatic heterocycles. The number of hydrogen-bond donors (Lipinski definition) is 1. The SMILES string of the molecule is COc1cc(-c2ccc3ncc(C(=O)C4CC4)c(BC4CCC(N5CCCC5)CC4)c3c2)cc(Cl)c1O. The summed E-state index contributed by atoms with van der Waals surface area (Å²) in [7, 11) is 2.44. The number of fused-ring (bicyclic) bond motifs is 1. The molecule has 0 atom stereocenters. The lowest BCUT2D eigenvalue weighted by Crippen LogP contribution is -2.37. The number of carbonyl (C=O) groups excluding carboxylic acids is 1. The molecule has 5 nitrogen and oxygen atoms in total. The molecule has 0 amide bonds. The van der Waals surface area contributed by atoms with Crippen molar-refractivity contribution in [1.29, 1.82) is 0 Å². The van der Waals surface area contributed by atoms with E-state index in [0.717, 1.165) is 59.2 Å². The Hall–Kier alpha value is -2.57. The van der Waals surface area contributed by atoms with E-state index >= 15 is 0 Å². The van der Waals surface area contributed by atoms with Gasteiger partial charge in [-0.15, -0.1) is 0 Å². The highest BCUT2D eigenvalue weighted by Gasteiger charge is 2.34. The highest BCUT2D eigenvalue weighted by molar-refractivity contribution is 6.60. The monoisotopic (exact) mass is 516 g/mol. The predicted octanol–water partition coefficient (Wildman–Crippen LogP) is 5.75. The zero-order chi connectivity index (χ0) is 25.5. The average Bonchev–Trinajstić information content (AvgIpc) is 3.63. The van der Waals surface area contributed by atoms with Gasteiger partial charge >= 0.3 is 0 Å². The number of hydrogen-bond acceptors (Lipinski definition) is 5. The van der Waals surface area contributed by atoms with E-state index in [0.29, 0.717) is 11.6 Å². The number of likely N-dealkylation sites (tertiary alicyclic amines) is 1. The van der Waals surface area contributed by atoms with Crippen LogP contribution in [0.4, 0.5) is 0 Å². The van der Waals surface area contributed by atoms with Gasteiger partial charge in [-0.25, -0.2) is 0 Å². The van der Waals surface area contributed by atoms with Crippen LogP contribution in [-0.4, -0.2) is 54.3 Å². The summed E-state index contributed by atoms with van der Waals surface area (Å²) < 4.78 is 5.33. The summed E-state index contributed by atoms with van der Waals surface area (Å²) in [6.45, 7) is 2.53. The number of methoxy groups -OCH3 is 1. The van der Waals surface area contributed by atoms with E-state index in [1.165, 1.54) is 58.7 Å². The molecule has 0 spiro atoms. The second kappa shape index (κ2) is 10.3. The Morgan fingerprint density at radius 1 is 1.05 bits per heavy atom. The van der Waals surface area contributed by atoms with Crippen LogP contribution >= 0.6 is 11.6 Å². The Bertz CT molecular complexity index is 1330. The summed E-state index contributed by atoms with van der Waals surface area (Å²) in [5, 5.41) is 11.5. The molecule has 3 aliphatic rings. The van der Waals surface area contributed by atoms with Gasteiger partial charge in [-0.1, -0.05) is 41.8 Å².